The lowest BCUT2D eigenvalue weighted by Gasteiger charge is -2.16. The minimum atomic E-state index is -0.808. The summed E-state index contributed by atoms with van der Waals surface area (Å²) in [5, 5.41) is 0. The van der Waals surface area contributed by atoms with Crippen molar-refractivity contribution in [1.82, 2.24) is 9.55 Å². The van der Waals surface area contributed by atoms with Crippen molar-refractivity contribution in [2.75, 3.05) is 13.2 Å². The highest BCUT2D eigenvalue weighted by Gasteiger charge is 2.29. The molecular weight excluding hydrogens is 416 g/mol. The van der Waals surface area contributed by atoms with E-state index in [-0.39, 0.29) is 30.9 Å². The second kappa shape index (κ2) is 8.77. The molecule has 0 saturated carbocycles. The summed E-state index contributed by atoms with van der Waals surface area (Å²) in [6.07, 6.45) is -0.304. The Morgan fingerprint density at radius 1 is 0.968 bits per heavy atom. The molecule has 0 spiro atoms. The van der Waals surface area contributed by atoms with Crippen LogP contribution in [-0.4, -0.2) is 34.7 Å². The largest absolute Gasteiger partial charge is 0.466 e. The number of hydrogen-bond donors (Lipinski definition) is 0. The zero-order valence-corrected chi connectivity index (χ0v) is 17.9. The van der Waals surface area contributed by atoms with Gasteiger partial charge in [0.1, 0.15) is 11.4 Å². The average Bonchev–Trinajstić information content (AvgIpc) is 2.88. The molecule has 4 rings (SSSR count). The van der Waals surface area contributed by atoms with Gasteiger partial charge in [-0.3, -0.25) is 14.2 Å². The van der Waals surface area contributed by atoms with E-state index >= 15 is 0 Å². The number of esters is 2. The number of benzene rings is 2. The molecule has 0 bridgehead atoms. The molecule has 1 aromatic heterocycles. The fourth-order valence-electron chi connectivity index (χ4n) is 3.44. The van der Waals surface area contributed by atoms with Gasteiger partial charge in [0, 0.05) is 15.4 Å². The number of fused-ring (bicyclic) bond motifs is 5. The molecule has 0 fully saturated rings. The molecule has 0 amide bonds. The van der Waals surface area contributed by atoms with Gasteiger partial charge < -0.3 is 9.47 Å². The molecule has 0 radical (unpaired) electrons. The molecule has 0 aliphatic carbocycles. The van der Waals surface area contributed by atoms with Gasteiger partial charge in [-0.25, -0.2) is 9.78 Å². The predicted octanol–water partition coefficient (Wildman–Crippen LogP) is 3.65. The lowest BCUT2D eigenvalue weighted by Crippen LogP contribution is -2.32. The van der Waals surface area contributed by atoms with Crippen LogP contribution in [0, 0.1) is 0 Å². The van der Waals surface area contributed by atoms with Gasteiger partial charge in [0.05, 0.1) is 31.0 Å². The highest BCUT2D eigenvalue weighted by molar-refractivity contribution is 7.99. The summed E-state index contributed by atoms with van der Waals surface area (Å²) >= 11 is 1.51. The third-order valence-corrected chi connectivity index (χ3v) is 5.85. The van der Waals surface area contributed by atoms with Gasteiger partial charge in [-0.05, 0) is 32.0 Å². The minimum absolute atomic E-state index is 0.0485. The zero-order chi connectivity index (χ0) is 22.0. The van der Waals surface area contributed by atoms with Crippen LogP contribution in [0.2, 0.25) is 0 Å². The van der Waals surface area contributed by atoms with E-state index in [1.54, 1.807) is 19.9 Å². The molecule has 7 nitrogen and oxygen atoms in total. The van der Waals surface area contributed by atoms with Gasteiger partial charge in [-0.15, -0.1) is 0 Å². The maximum atomic E-state index is 13.7. The number of nitrogens with zero attached hydrogens (tertiary/aromatic N) is 2. The highest BCUT2D eigenvalue weighted by atomic mass is 32.2. The van der Waals surface area contributed by atoms with Gasteiger partial charge in [0.25, 0.3) is 5.56 Å². The first-order chi connectivity index (χ1) is 15.0. The molecule has 0 atom stereocenters. The predicted molar refractivity (Wildman–Crippen MR) is 116 cm³/mol. The van der Waals surface area contributed by atoms with E-state index in [4.69, 9.17) is 9.47 Å². The molecule has 8 heteroatoms. The molecule has 2 aromatic carbocycles. The smallest absolute Gasteiger partial charge is 0.345 e. The van der Waals surface area contributed by atoms with E-state index in [0.717, 1.165) is 15.4 Å². The summed E-state index contributed by atoms with van der Waals surface area (Å²) in [6, 6.07) is 15.0. The quantitative estimate of drug-likeness (QED) is 0.441. The van der Waals surface area contributed by atoms with Crippen molar-refractivity contribution in [1.29, 1.82) is 0 Å². The van der Waals surface area contributed by atoms with E-state index in [1.807, 2.05) is 42.5 Å². The standard InChI is InChI=1S/C23H20N2O5S/c1-3-29-19(26)13-15-20(23(28)30-4-2)22(27)25-16-10-6-8-12-18(16)31-17-11-7-5-9-14(17)21(25)24-15/h5-12H,3-4,13H2,1-2H3. The summed E-state index contributed by atoms with van der Waals surface area (Å²) < 4.78 is 11.6. The lowest BCUT2D eigenvalue weighted by atomic mass is 10.1. The number of hydrogen-bond acceptors (Lipinski definition) is 7. The summed E-state index contributed by atoms with van der Waals surface area (Å²) in [4.78, 5) is 45.0. The van der Waals surface area contributed by atoms with Gasteiger partial charge in [-0.2, -0.15) is 0 Å². The second-order valence-electron chi connectivity index (χ2n) is 6.67. The third-order valence-electron chi connectivity index (χ3n) is 4.71. The Labute approximate surface area is 183 Å². The van der Waals surface area contributed by atoms with Gasteiger partial charge in [0.2, 0.25) is 0 Å². The number of aromatic nitrogens is 2. The summed E-state index contributed by atoms with van der Waals surface area (Å²) in [6.45, 7) is 3.62. The number of carbonyl (C=O) groups excluding carboxylic acids is 2. The van der Waals surface area contributed by atoms with Crippen molar-refractivity contribution in [3.63, 3.8) is 0 Å². The van der Waals surface area contributed by atoms with Crippen LogP contribution < -0.4 is 5.56 Å². The molecule has 1 aliphatic heterocycles. The van der Waals surface area contributed by atoms with Gasteiger partial charge in [-0.1, -0.05) is 42.1 Å². The fourth-order valence-corrected chi connectivity index (χ4v) is 4.50. The molecular formula is C23H20N2O5S. The first-order valence-electron chi connectivity index (χ1n) is 9.90. The van der Waals surface area contributed by atoms with E-state index in [2.05, 4.69) is 4.98 Å². The summed E-state index contributed by atoms with van der Waals surface area (Å²) in [5.74, 6) is -1.01. The summed E-state index contributed by atoms with van der Waals surface area (Å²) in [7, 11) is 0. The van der Waals surface area contributed by atoms with E-state index in [9.17, 15) is 14.4 Å². The molecule has 0 N–H and O–H groups in total. The van der Waals surface area contributed by atoms with Crippen molar-refractivity contribution in [3.8, 4) is 17.1 Å². The number of ether oxygens (including phenoxy) is 2. The van der Waals surface area contributed by atoms with Crippen molar-refractivity contribution >= 4 is 23.7 Å². The van der Waals surface area contributed by atoms with Crippen molar-refractivity contribution in [2.45, 2.75) is 30.1 Å². The molecule has 1 aliphatic rings. The lowest BCUT2D eigenvalue weighted by molar-refractivity contribution is -0.142. The average molecular weight is 436 g/mol. The molecule has 31 heavy (non-hydrogen) atoms. The van der Waals surface area contributed by atoms with E-state index in [0.29, 0.717) is 11.5 Å². The van der Waals surface area contributed by atoms with Crippen LogP contribution in [0.3, 0.4) is 0 Å². The maximum Gasteiger partial charge on any atom is 0.345 e. The minimum Gasteiger partial charge on any atom is -0.466 e. The molecule has 2 heterocycles. The van der Waals surface area contributed by atoms with Crippen LogP contribution in [0.4, 0.5) is 0 Å². The molecule has 158 valence electrons. The van der Waals surface area contributed by atoms with Crippen molar-refractivity contribution in [3.05, 3.63) is 70.1 Å². The Morgan fingerprint density at radius 3 is 2.39 bits per heavy atom. The first kappa shape index (κ1) is 20.9. The Kier molecular flexibility index (Phi) is 5.90. The van der Waals surface area contributed by atoms with Crippen molar-refractivity contribution in [2.24, 2.45) is 0 Å². The topological polar surface area (TPSA) is 87.5 Å². The Hall–Kier alpha value is -3.39. The number of carbonyl (C=O) groups is 2. The maximum absolute atomic E-state index is 13.7. The highest BCUT2D eigenvalue weighted by Crippen LogP contribution is 2.41. The van der Waals surface area contributed by atoms with Crippen LogP contribution in [0.15, 0.2) is 63.1 Å². The molecule has 0 unspecified atom stereocenters. The zero-order valence-electron chi connectivity index (χ0n) is 17.1. The second-order valence-corrected chi connectivity index (χ2v) is 7.75. The SMILES string of the molecule is CCOC(=O)Cc1nc2n(c(=O)c1C(=O)OCC)-c1ccccc1Sc1ccccc1-2. The molecule has 0 saturated heterocycles. The van der Waals surface area contributed by atoms with Gasteiger partial charge >= 0.3 is 11.9 Å². The fraction of sp³-hybridized carbons (Fsp3) is 0.217. The monoisotopic (exact) mass is 436 g/mol. The molecule has 3 aromatic rings. The van der Waals surface area contributed by atoms with E-state index < -0.39 is 17.5 Å². The van der Waals surface area contributed by atoms with E-state index in [1.165, 1.54) is 16.3 Å². The summed E-state index contributed by atoms with van der Waals surface area (Å²) in [5.41, 5.74) is 0.573. The van der Waals surface area contributed by atoms with Crippen molar-refractivity contribution < 1.29 is 19.1 Å². The van der Waals surface area contributed by atoms with Crippen LogP contribution >= 0.6 is 11.8 Å². The normalized spacial score (nSPS) is 11.5. The first-order valence-corrected chi connectivity index (χ1v) is 10.7. The third kappa shape index (κ3) is 3.86. The van der Waals surface area contributed by atoms with Crippen LogP contribution in [-0.2, 0) is 20.7 Å². The Balaban J connectivity index is 2.06. The van der Waals surface area contributed by atoms with Crippen LogP contribution in [0.5, 0.6) is 0 Å². The number of rotatable bonds is 5. The van der Waals surface area contributed by atoms with Gasteiger partial charge in [0.15, 0.2) is 0 Å². The Bertz CT molecular complexity index is 1230. The number of para-hydroxylation sites is 1. The van der Waals surface area contributed by atoms with Crippen LogP contribution in [0.1, 0.15) is 29.9 Å². The Morgan fingerprint density at radius 2 is 1.65 bits per heavy atom. The van der Waals surface area contributed by atoms with Crippen LogP contribution in [0.25, 0.3) is 17.1 Å².